The van der Waals surface area contributed by atoms with Gasteiger partial charge in [0.05, 0.1) is 5.41 Å². The lowest BCUT2D eigenvalue weighted by Crippen LogP contribution is -2.40. The van der Waals surface area contributed by atoms with Crippen molar-refractivity contribution in [2.45, 2.75) is 33.1 Å². The second kappa shape index (κ2) is 7.97. The summed E-state index contributed by atoms with van der Waals surface area (Å²) < 4.78 is 5.74. The number of hydroxylamine groups is 1. The highest BCUT2D eigenvalue weighted by Crippen LogP contribution is 2.23. The van der Waals surface area contributed by atoms with Crippen molar-refractivity contribution in [2.24, 2.45) is 0 Å². The number of carbonyl (C=O) groups excluding carboxylic acids is 1. The largest absolute Gasteiger partial charge is 0.491 e. The van der Waals surface area contributed by atoms with Gasteiger partial charge in [-0.15, -0.1) is 0 Å². The number of amides is 1. The van der Waals surface area contributed by atoms with Gasteiger partial charge < -0.3 is 4.74 Å². The molecule has 2 aromatic carbocycles. The second-order valence-corrected chi connectivity index (χ2v) is 6.34. The number of nitrogens with one attached hydrogen (secondary N) is 1. The second-order valence-electron chi connectivity index (χ2n) is 6.34. The normalized spacial score (nSPS) is 11.2. The lowest BCUT2D eigenvalue weighted by Gasteiger charge is -2.23. The molecule has 2 aromatic rings. The van der Waals surface area contributed by atoms with E-state index >= 15 is 0 Å². The fourth-order valence-corrected chi connectivity index (χ4v) is 2.44. The van der Waals surface area contributed by atoms with Crippen molar-refractivity contribution in [3.8, 4) is 5.75 Å². The van der Waals surface area contributed by atoms with Crippen molar-refractivity contribution in [3.05, 3.63) is 65.2 Å². The topological polar surface area (TPSA) is 47.6 Å². The zero-order chi connectivity index (χ0) is 17.6. The van der Waals surface area contributed by atoms with Crippen molar-refractivity contribution in [1.82, 2.24) is 5.48 Å². The van der Waals surface area contributed by atoms with Gasteiger partial charge in [0.2, 0.25) is 0 Å². The molecule has 4 heteroatoms. The average molecular weight is 327 g/mol. The standard InChI is InChI=1S/C20H25NO3/c1-15-9-8-10-16(2)18(15)23-13-14-24-21-19(22)20(3,4)17-11-6-5-7-12-17/h5-12H,13-14H2,1-4H3,(H,21,22). The minimum absolute atomic E-state index is 0.180. The summed E-state index contributed by atoms with van der Waals surface area (Å²) in [5, 5.41) is 0. The summed E-state index contributed by atoms with van der Waals surface area (Å²) in [5.41, 5.74) is 4.98. The highest BCUT2D eigenvalue weighted by Gasteiger charge is 2.29. The van der Waals surface area contributed by atoms with Gasteiger partial charge in [0.1, 0.15) is 19.0 Å². The minimum atomic E-state index is -0.658. The van der Waals surface area contributed by atoms with E-state index in [1.807, 2.05) is 76.2 Å². The molecule has 1 N–H and O–H groups in total. The highest BCUT2D eigenvalue weighted by molar-refractivity contribution is 5.86. The van der Waals surface area contributed by atoms with E-state index in [0.717, 1.165) is 22.4 Å². The first-order valence-corrected chi connectivity index (χ1v) is 8.09. The van der Waals surface area contributed by atoms with Crippen LogP contribution in [-0.4, -0.2) is 19.1 Å². The molecule has 4 nitrogen and oxygen atoms in total. The Kier molecular flexibility index (Phi) is 5.99. The van der Waals surface area contributed by atoms with Crippen LogP contribution in [0.4, 0.5) is 0 Å². The Morgan fingerprint density at radius 1 is 0.958 bits per heavy atom. The highest BCUT2D eigenvalue weighted by atomic mass is 16.7. The molecule has 0 saturated heterocycles. The third-order valence-corrected chi connectivity index (χ3v) is 4.07. The number of para-hydroxylation sites is 1. The van der Waals surface area contributed by atoms with Crippen LogP contribution in [0.1, 0.15) is 30.5 Å². The number of hydrogen-bond donors (Lipinski definition) is 1. The first-order valence-electron chi connectivity index (χ1n) is 8.09. The monoisotopic (exact) mass is 327 g/mol. The predicted molar refractivity (Wildman–Crippen MR) is 95.0 cm³/mol. The van der Waals surface area contributed by atoms with E-state index in [9.17, 15) is 4.79 Å². The van der Waals surface area contributed by atoms with Gasteiger partial charge in [-0.05, 0) is 44.4 Å². The number of benzene rings is 2. The molecule has 0 saturated carbocycles. The third-order valence-electron chi connectivity index (χ3n) is 4.07. The van der Waals surface area contributed by atoms with Gasteiger partial charge in [-0.2, -0.15) is 0 Å². The first-order chi connectivity index (χ1) is 11.4. The van der Waals surface area contributed by atoms with Crippen LogP contribution in [0.15, 0.2) is 48.5 Å². The molecule has 0 spiro atoms. The summed E-state index contributed by atoms with van der Waals surface area (Å²) >= 11 is 0. The average Bonchev–Trinajstić information content (AvgIpc) is 2.57. The maximum Gasteiger partial charge on any atom is 0.253 e. The number of rotatable bonds is 7. The predicted octanol–water partition coefficient (Wildman–Crippen LogP) is 3.71. The van der Waals surface area contributed by atoms with Crippen LogP contribution in [0.25, 0.3) is 0 Å². The minimum Gasteiger partial charge on any atom is -0.491 e. The summed E-state index contributed by atoms with van der Waals surface area (Å²) in [6.07, 6.45) is 0. The van der Waals surface area contributed by atoms with Gasteiger partial charge in [0.15, 0.2) is 0 Å². The molecule has 0 heterocycles. The van der Waals surface area contributed by atoms with E-state index in [2.05, 4.69) is 5.48 Å². The molecule has 24 heavy (non-hydrogen) atoms. The molecule has 0 radical (unpaired) electrons. The Labute approximate surface area is 143 Å². The van der Waals surface area contributed by atoms with Crippen molar-refractivity contribution < 1.29 is 14.4 Å². The third kappa shape index (κ3) is 4.36. The molecule has 0 fully saturated rings. The zero-order valence-electron chi connectivity index (χ0n) is 14.8. The fraction of sp³-hybridized carbons (Fsp3) is 0.350. The summed E-state index contributed by atoms with van der Waals surface area (Å²) in [7, 11) is 0. The van der Waals surface area contributed by atoms with E-state index < -0.39 is 5.41 Å². The van der Waals surface area contributed by atoms with E-state index in [1.165, 1.54) is 0 Å². The first kappa shape index (κ1) is 18.0. The van der Waals surface area contributed by atoms with Crippen LogP contribution >= 0.6 is 0 Å². The molecule has 0 unspecified atom stereocenters. The van der Waals surface area contributed by atoms with Crippen molar-refractivity contribution in [2.75, 3.05) is 13.2 Å². The van der Waals surface area contributed by atoms with Crippen LogP contribution in [0.5, 0.6) is 5.75 Å². The quantitative estimate of drug-likeness (QED) is 0.623. The molecule has 0 aliphatic heterocycles. The molecular formula is C20H25NO3. The molecule has 0 bridgehead atoms. The van der Waals surface area contributed by atoms with Gasteiger partial charge in [0.25, 0.3) is 5.91 Å². The Hall–Kier alpha value is -2.33. The van der Waals surface area contributed by atoms with Crippen LogP contribution in [0.2, 0.25) is 0 Å². The van der Waals surface area contributed by atoms with Gasteiger partial charge in [-0.1, -0.05) is 48.5 Å². The molecular weight excluding hydrogens is 302 g/mol. The summed E-state index contributed by atoms with van der Waals surface area (Å²) in [6.45, 7) is 8.41. The molecule has 0 aliphatic carbocycles. The Balaban J connectivity index is 1.79. The molecule has 0 atom stereocenters. The van der Waals surface area contributed by atoms with Crippen LogP contribution in [0.3, 0.4) is 0 Å². The maximum atomic E-state index is 12.3. The number of hydrogen-bond acceptors (Lipinski definition) is 3. The van der Waals surface area contributed by atoms with E-state index in [0.29, 0.717) is 6.61 Å². The SMILES string of the molecule is Cc1cccc(C)c1OCCONC(=O)C(C)(C)c1ccccc1. The van der Waals surface area contributed by atoms with Crippen molar-refractivity contribution >= 4 is 5.91 Å². The van der Waals surface area contributed by atoms with Gasteiger partial charge >= 0.3 is 0 Å². The van der Waals surface area contributed by atoms with Gasteiger partial charge in [-0.25, -0.2) is 5.48 Å². The molecule has 0 aliphatic rings. The van der Waals surface area contributed by atoms with E-state index in [-0.39, 0.29) is 12.5 Å². The van der Waals surface area contributed by atoms with Crippen LogP contribution < -0.4 is 10.2 Å². The lowest BCUT2D eigenvalue weighted by molar-refractivity contribution is -0.139. The number of carbonyl (C=O) groups is 1. The molecule has 2 rings (SSSR count). The van der Waals surface area contributed by atoms with E-state index in [1.54, 1.807) is 0 Å². The molecule has 1 amide bonds. The van der Waals surface area contributed by atoms with Gasteiger partial charge in [0, 0.05) is 0 Å². The van der Waals surface area contributed by atoms with Crippen LogP contribution in [0, 0.1) is 13.8 Å². The molecule has 0 aromatic heterocycles. The Morgan fingerprint density at radius 2 is 1.58 bits per heavy atom. The van der Waals surface area contributed by atoms with E-state index in [4.69, 9.17) is 9.57 Å². The summed E-state index contributed by atoms with van der Waals surface area (Å²) in [6, 6.07) is 15.7. The van der Waals surface area contributed by atoms with Crippen LogP contribution in [-0.2, 0) is 15.0 Å². The Bertz CT molecular complexity index is 660. The van der Waals surface area contributed by atoms with Crippen molar-refractivity contribution in [3.63, 3.8) is 0 Å². The number of aryl methyl sites for hydroxylation is 2. The fourth-order valence-electron chi connectivity index (χ4n) is 2.44. The zero-order valence-corrected chi connectivity index (χ0v) is 14.8. The lowest BCUT2D eigenvalue weighted by atomic mass is 9.84. The maximum absolute atomic E-state index is 12.3. The summed E-state index contributed by atoms with van der Waals surface area (Å²) in [4.78, 5) is 17.6. The number of ether oxygens (including phenoxy) is 1. The Morgan fingerprint density at radius 3 is 2.21 bits per heavy atom. The van der Waals surface area contributed by atoms with Crippen molar-refractivity contribution in [1.29, 1.82) is 0 Å². The van der Waals surface area contributed by atoms with Gasteiger partial charge in [-0.3, -0.25) is 9.63 Å². The molecule has 128 valence electrons. The summed E-state index contributed by atoms with van der Waals surface area (Å²) in [5.74, 6) is 0.692. The smallest absolute Gasteiger partial charge is 0.253 e.